The zero-order valence-electron chi connectivity index (χ0n) is 10.2. The fourth-order valence-electron chi connectivity index (χ4n) is 2.84. The van der Waals surface area contributed by atoms with Crippen LogP contribution in [0, 0.1) is 0 Å². The molecule has 0 radical (unpaired) electrons. The molecule has 18 heavy (non-hydrogen) atoms. The predicted octanol–water partition coefficient (Wildman–Crippen LogP) is 4.05. The Balaban J connectivity index is 1.95. The normalized spacial score (nSPS) is 24.9. The van der Waals surface area contributed by atoms with Gasteiger partial charge in [-0.2, -0.15) is 0 Å². The number of halogens is 2. The Hall–Kier alpha value is -0.190. The molecule has 2 heterocycles. The fourth-order valence-corrected chi connectivity index (χ4v) is 3.53. The van der Waals surface area contributed by atoms with Gasteiger partial charge in [0.25, 0.3) is 0 Å². The van der Waals surface area contributed by atoms with Gasteiger partial charge in [-0.15, -0.1) is 0 Å². The quantitative estimate of drug-likeness (QED) is 0.767. The van der Waals surface area contributed by atoms with Crippen molar-refractivity contribution in [3.8, 4) is 0 Å². The maximum absolute atomic E-state index is 6.24. The Labute approximate surface area is 120 Å². The molecule has 5 heteroatoms. The van der Waals surface area contributed by atoms with Crippen LogP contribution < -0.4 is 0 Å². The van der Waals surface area contributed by atoms with Crippen LogP contribution in [-0.4, -0.2) is 23.2 Å². The van der Waals surface area contributed by atoms with Crippen LogP contribution in [0.2, 0.25) is 5.15 Å². The molecule has 2 aliphatic rings. The van der Waals surface area contributed by atoms with Gasteiger partial charge in [-0.1, -0.05) is 24.4 Å². The van der Waals surface area contributed by atoms with Gasteiger partial charge in [0, 0.05) is 18.4 Å². The van der Waals surface area contributed by atoms with Crippen LogP contribution in [-0.2, 0) is 4.74 Å². The molecule has 0 amide bonds. The zero-order valence-corrected chi connectivity index (χ0v) is 12.5. The third-order valence-electron chi connectivity index (χ3n) is 3.89. The van der Waals surface area contributed by atoms with Crippen molar-refractivity contribution in [2.24, 2.45) is 0 Å². The molecule has 0 N–H and O–H groups in total. The van der Waals surface area contributed by atoms with E-state index >= 15 is 0 Å². The van der Waals surface area contributed by atoms with Crippen molar-refractivity contribution in [1.29, 1.82) is 0 Å². The van der Waals surface area contributed by atoms with Gasteiger partial charge in [-0.3, -0.25) is 0 Å². The summed E-state index contributed by atoms with van der Waals surface area (Å²) in [6.45, 7) is 1.53. The van der Waals surface area contributed by atoms with Crippen molar-refractivity contribution >= 4 is 27.5 Å². The summed E-state index contributed by atoms with van der Waals surface area (Å²) in [7, 11) is 0. The second kappa shape index (κ2) is 5.43. The third-order valence-corrected chi connectivity index (χ3v) is 5.17. The molecule has 1 aliphatic carbocycles. The second-order valence-corrected chi connectivity index (χ2v) is 6.26. The summed E-state index contributed by atoms with van der Waals surface area (Å²) >= 11 is 9.78. The first-order valence-electron chi connectivity index (χ1n) is 6.56. The molecule has 3 rings (SSSR count). The smallest absolute Gasteiger partial charge is 0.147 e. The predicted molar refractivity (Wildman–Crippen MR) is 74.1 cm³/mol. The number of hydrogen-bond donors (Lipinski definition) is 0. The molecule has 0 aromatic carbocycles. The van der Waals surface area contributed by atoms with E-state index in [2.05, 4.69) is 20.9 Å². The van der Waals surface area contributed by atoms with Crippen molar-refractivity contribution in [1.82, 2.24) is 9.97 Å². The molecule has 1 unspecified atom stereocenters. The highest BCUT2D eigenvalue weighted by Crippen LogP contribution is 2.39. The molecule has 98 valence electrons. The maximum Gasteiger partial charge on any atom is 0.147 e. The topological polar surface area (TPSA) is 35.0 Å². The molecule has 0 spiro atoms. The monoisotopic (exact) mass is 330 g/mol. The largest absolute Gasteiger partial charge is 0.381 e. The van der Waals surface area contributed by atoms with Gasteiger partial charge in [-0.25, -0.2) is 9.97 Å². The molecule has 1 aromatic rings. The number of nitrogens with zero attached hydrogens (tertiary/aromatic N) is 2. The van der Waals surface area contributed by atoms with E-state index in [-0.39, 0.29) is 0 Å². The average molecular weight is 332 g/mol. The van der Waals surface area contributed by atoms with E-state index in [1.165, 1.54) is 25.7 Å². The van der Waals surface area contributed by atoms with Crippen LogP contribution in [0.25, 0.3) is 0 Å². The minimum Gasteiger partial charge on any atom is -0.381 e. The summed E-state index contributed by atoms with van der Waals surface area (Å²) < 4.78 is 6.30. The minimum atomic E-state index is 0.316. The van der Waals surface area contributed by atoms with E-state index in [1.54, 1.807) is 0 Å². The van der Waals surface area contributed by atoms with Crippen LogP contribution >= 0.6 is 27.5 Å². The van der Waals surface area contributed by atoms with E-state index in [9.17, 15) is 0 Å². The summed E-state index contributed by atoms with van der Waals surface area (Å²) in [5.74, 6) is 1.72. The molecule has 3 nitrogen and oxygen atoms in total. The molecule has 1 saturated carbocycles. The summed E-state index contributed by atoms with van der Waals surface area (Å²) in [5, 5.41) is 0.550. The van der Waals surface area contributed by atoms with E-state index in [0.717, 1.165) is 35.6 Å². The van der Waals surface area contributed by atoms with Gasteiger partial charge < -0.3 is 4.74 Å². The van der Waals surface area contributed by atoms with Gasteiger partial charge in [0.05, 0.1) is 16.8 Å². The first-order valence-corrected chi connectivity index (χ1v) is 7.73. The summed E-state index contributed by atoms with van der Waals surface area (Å²) in [5.41, 5.74) is 1.11. The SMILES string of the molecule is Clc1nc(C2CCOC2)nc(C2CCCC2)c1Br. The van der Waals surface area contributed by atoms with E-state index in [4.69, 9.17) is 21.3 Å². The van der Waals surface area contributed by atoms with Crippen molar-refractivity contribution < 1.29 is 4.74 Å². The number of hydrogen-bond acceptors (Lipinski definition) is 3. The highest BCUT2D eigenvalue weighted by atomic mass is 79.9. The summed E-state index contributed by atoms with van der Waals surface area (Å²) in [6, 6.07) is 0. The molecule has 0 bridgehead atoms. The lowest BCUT2D eigenvalue weighted by Crippen LogP contribution is -2.09. The number of ether oxygens (including phenoxy) is 1. The van der Waals surface area contributed by atoms with E-state index in [1.807, 2.05) is 0 Å². The van der Waals surface area contributed by atoms with Crippen LogP contribution in [0.15, 0.2) is 4.47 Å². The lowest BCUT2D eigenvalue weighted by Gasteiger charge is -2.15. The van der Waals surface area contributed by atoms with Crippen molar-refractivity contribution in [2.75, 3.05) is 13.2 Å². The van der Waals surface area contributed by atoms with Gasteiger partial charge >= 0.3 is 0 Å². The number of aromatic nitrogens is 2. The van der Waals surface area contributed by atoms with Gasteiger partial charge in [-0.05, 0) is 35.2 Å². The van der Waals surface area contributed by atoms with E-state index < -0.39 is 0 Å². The molecular formula is C13H16BrClN2O. The minimum absolute atomic E-state index is 0.316. The Morgan fingerprint density at radius 3 is 2.56 bits per heavy atom. The Morgan fingerprint density at radius 1 is 1.11 bits per heavy atom. The first kappa shape index (κ1) is 12.8. The Morgan fingerprint density at radius 2 is 1.89 bits per heavy atom. The van der Waals surface area contributed by atoms with Crippen LogP contribution in [0.4, 0.5) is 0 Å². The molecule has 2 fully saturated rings. The Kier molecular flexibility index (Phi) is 3.87. The van der Waals surface area contributed by atoms with Crippen molar-refractivity contribution in [3.05, 3.63) is 21.1 Å². The molecular weight excluding hydrogens is 316 g/mol. The lowest BCUT2D eigenvalue weighted by molar-refractivity contribution is 0.193. The fraction of sp³-hybridized carbons (Fsp3) is 0.692. The zero-order chi connectivity index (χ0) is 12.5. The average Bonchev–Trinajstić information content (AvgIpc) is 3.03. The molecule has 1 saturated heterocycles. The van der Waals surface area contributed by atoms with Crippen LogP contribution in [0.3, 0.4) is 0 Å². The van der Waals surface area contributed by atoms with Crippen molar-refractivity contribution in [3.63, 3.8) is 0 Å². The van der Waals surface area contributed by atoms with E-state index in [0.29, 0.717) is 17.0 Å². The van der Waals surface area contributed by atoms with Gasteiger partial charge in [0.2, 0.25) is 0 Å². The molecule has 1 aromatic heterocycles. The second-order valence-electron chi connectivity index (χ2n) is 5.11. The first-order chi connectivity index (χ1) is 8.75. The summed E-state index contributed by atoms with van der Waals surface area (Å²) in [4.78, 5) is 9.19. The molecule has 1 atom stereocenters. The highest BCUT2D eigenvalue weighted by molar-refractivity contribution is 9.10. The van der Waals surface area contributed by atoms with Crippen LogP contribution in [0.1, 0.15) is 55.5 Å². The third kappa shape index (κ3) is 2.43. The molecule has 1 aliphatic heterocycles. The summed E-state index contributed by atoms with van der Waals surface area (Å²) in [6.07, 6.45) is 6.02. The van der Waals surface area contributed by atoms with Crippen LogP contribution in [0.5, 0.6) is 0 Å². The standard InChI is InChI=1S/C13H16BrClN2O/c14-10-11(8-3-1-2-4-8)16-13(17-12(10)15)9-5-6-18-7-9/h8-9H,1-7H2. The maximum atomic E-state index is 6.24. The number of rotatable bonds is 2. The lowest BCUT2D eigenvalue weighted by atomic mass is 10.0. The Bertz CT molecular complexity index is 443. The van der Waals surface area contributed by atoms with Crippen molar-refractivity contribution in [2.45, 2.75) is 43.9 Å². The highest BCUT2D eigenvalue weighted by Gasteiger charge is 2.27. The van der Waals surface area contributed by atoms with Gasteiger partial charge in [0.1, 0.15) is 11.0 Å². The van der Waals surface area contributed by atoms with Gasteiger partial charge in [0.15, 0.2) is 0 Å².